The van der Waals surface area contributed by atoms with Gasteiger partial charge in [0.25, 0.3) is 0 Å². The summed E-state index contributed by atoms with van der Waals surface area (Å²) in [6, 6.07) is 8.59. The Bertz CT molecular complexity index is 1020. The molecule has 9 heteroatoms. The molecule has 2 heterocycles. The van der Waals surface area contributed by atoms with Crippen molar-refractivity contribution in [1.82, 2.24) is 4.90 Å². The normalized spacial score (nSPS) is 20.3. The summed E-state index contributed by atoms with van der Waals surface area (Å²) in [5.74, 6) is -2.56. The smallest absolute Gasteiger partial charge is 0.355 e. The predicted octanol–water partition coefficient (Wildman–Crippen LogP) is 0.896. The Morgan fingerprint density at radius 1 is 1.24 bits per heavy atom. The Balaban J connectivity index is 2.53. The Labute approximate surface area is 167 Å². The summed E-state index contributed by atoms with van der Waals surface area (Å²) in [4.78, 5) is 40.4. The van der Waals surface area contributed by atoms with Crippen molar-refractivity contribution < 1.29 is 23.9 Å². The van der Waals surface area contributed by atoms with Crippen LogP contribution in [0.5, 0.6) is 0 Å². The van der Waals surface area contributed by atoms with Crippen LogP contribution in [0.1, 0.15) is 18.9 Å². The van der Waals surface area contributed by atoms with Gasteiger partial charge in [-0.3, -0.25) is 4.79 Å². The van der Waals surface area contributed by atoms with E-state index in [4.69, 9.17) is 15.2 Å². The minimum absolute atomic E-state index is 0.0887. The van der Waals surface area contributed by atoms with Crippen LogP contribution in [0.25, 0.3) is 0 Å². The van der Waals surface area contributed by atoms with E-state index in [9.17, 15) is 19.6 Å². The molecule has 1 aromatic carbocycles. The van der Waals surface area contributed by atoms with Gasteiger partial charge in [0, 0.05) is 17.8 Å². The van der Waals surface area contributed by atoms with Crippen molar-refractivity contribution >= 4 is 23.5 Å². The Morgan fingerprint density at radius 2 is 1.90 bits per heavy atom. The standard InChI is InChI=1S/C20H20N4O5/c1-4-9-24-15(18(26)29-3)14(17(25)28-2)20(12(10-21)16(24)22)11-7-5-6-8-13(11)23-19(20)27/h5-8H,4,9,22H2,1-3H3,(H,23,27). The molecule has 0 saturated carbocycles. The molecule has 9 nitrogen and oxygen atoms in total. The molecule has 1 spiro atoms. The summed E-state index contributed by atoms with van der Waals surface area (Å²) in [5.41, 5.74) is 4.45. The topological polar surface area (TPSA) is 135 Å². The summed E-state index contributed by atoms with van der Waals surface area (Å²) in [7, 11) is 2.29. The van der Waals surface area contributed by atoms with E-state index in [2.05, 4.69) is 5.32 Å². The molecule has 29 heavy (non-hydrogen) atoms. The molecule has 0 aromatic heterocycles. The molecule has 1 aromatic rings. The molecule has 0 bridgehead atoms. The molecule has 0 saturated heterocycles. The van der Waals surface area contributed by atoms with Crippen molar-refractivity contribution in [1.29, 1.82) is 5.26 Å². The second kappa shape index (κ2) is 7.31. The number of hydrogen-bond donors (Lipinski definition) is 2. The maximum Gasteiger partial charge on any atom is 0.355 e. The number of carbonyl (C=O) groups is 3. The van der Waals surface area contributed by atoms with Crippen LogP contribution in [-0.4, -0.2) is 43.5 Å². The van der Waals surface area contributed by atoms with Crippen molar-refractivity contribution in [2.45, 2.75) is 18.8 Å². The lowest BCUT2D eigenvalue weighted by Crippen LogP contribution is -2.51. The maximum atomic E-state index is 13.3. The molecule has 0 aliphatic carbocycles. The lowest BCUT2D eigenvalue weighted by molar-refractivity contribution is -0.142. The second-order valence-electron chi connectivity index (χ2n) is 6.48. The average Bonchev–Trinajstić information content (AvgIpc) is 3.01. The van der Waals surface area contributed by atoms with E-state index < -0.39 is 23.3 Å². The van der Waals surface area contributed by atoms with Gasteiger partial charge in [-0.05, 0) is 12.5 Å². The third-order valence-electron chi connectivity index (χ3n) is 5.05. The summed E-state index contributed by atoms with van der Waals surface area (Å²) in [6.45, 7) is 2.06. The molecule has 2 aliphatic heterocycles. The summed E-state index contributed by atoms with van der Waals surface area (Å²) < 4.78 is 9.83. The third-order valence-corrected chi connectivity index (χ3v) is 5.05. The SMILES string of the molecule is CCCN1C(N)=C(C#N)C2(C(=O)Nc3ccccc32)C(C(=O)OC)=C1C(=O)OC. The number of esters is 2. The summed E-state index contributed by atoms with van der Waals surface area (Å²) in [5, 5.41) is 12.7. The average molecular weight is 396 g/mol. The van der Waals surface area contributed by atoms with Crippen LogP contribution in [0.2, 0.25) is 0 Å². The molecule has 1 atom stereocenters. The van der Waals surface area contributed by atoms with Crippen LogP contribution in [0.3, 0.4) is 0 Å². The number of nitrogens with one attached hydrogen (secondary N) is 1. The van der Waals surface area contributed by atoms with E-state index in [1.54, 1.807) is 24.3 Å². The van der Waals surface area contributed by atoms with E-state index in [0.29, 0.717) is 17.7 Å². The van der Waals surface area contributed by atoms with Gasteiger partial charge >= 0.3 is 11.9 Å². The Hall–Kier alpha value is -3.80. The third kappa shape index (κ3) is 2.56. The van der Waals surface area contributed by atoms with E-state index >= 15 is 0 Å². The van der Waals surface area contributed by atoms with Crippen molar-refractivity contribution in [2.75, 3.05) is 26.1 Å². The molecular formula is C20H20N4O5. The maximum absolute atomic E-state index is 13.3. The number of hydrogen-bond acceptors (Lipinski definition) is 8. The zero-order valence-electron chi connectivity index (χ0n) is 16.2. The van der Waals surface area contributed by atoms with Gasteiger partial charge in [-0.15, -0.1) is 0 Å². The van der Waals surface area contributed by atoms with Crippen LogP contribution < -0.4 is 11.1 Å². The van der Waals surface area contributed by atoms with Gasteiger partial charge < -0.3 is 25.4 Å². The predicted molar refractivity (Wildman–Crippen MR) is 102 cm³/mol. The summed E-state index contributed by atoms with van der Waals surface area (Å²) >= 11 is 0. The number of nitrogens with zero attached hydrogens (tertiary/aromatic N) is 2. The first-order valence-corrected chi connectivity index (χ1v) is 8.90. The largest absolute Gasteiger partial charge is 0.466 e. The molecule has 1 unspecified atom stereocenters. The highest BCUT2D eigenvalue weighted by Gasteiger charge is 2.61. The van der Waals surface area contributed by atoms with Gasteiger partial charge in [0.1, 0.15) is 23.0 Å². The van der Waals surface area contributed by atoms with Crippen molar-refractivity contribution in [3.63, 3.8) is 0 Å². The first-order chi connectivity index (χ1) is 13.9. The Kier molecular flexibility index (Phi) is 5.03. The van der Waals surface area contributed by atoms with Gasteiger partial charge in [-0.25, -0.2) is 9.59 Å². The minimum Gasteiger partial charge on any atom is -0.466 e. The van der Waals surface area contributed by atoms with E-state index in [0.717, 1.165) is 14.2 Å². The number of para-hydroxylation sites is 1. The monoisotopic (exact) mass is 396 g/mol. The van der Waals surface area contributed by atoms with Crippen LogP contribution in [-0.2, 0) is 29.3 Å². The van der Waals surface area contributed by atoms with Crippen LogP contribution in [0.4, 0.5) is 5.69 Å². The van der Waals surface area contributed by atoms with Gasteiger partial charge in [-0.1, -0.05) is 25.1 Å². The molecule has 150 valence electrons. The van der Waals surface area contributed by atoms with Crippen molar-refractivity contribution in [3.8, 4) is 6.07 Å². The van der Waals surface area contributed by atoms with Crippen LogP contribution >= 0.6 is 0 Å². The minimum atomic E-state index is -1.92. The fourth-order valence-corrected chi connectivity index (χ4v) is 3.90. The fourth-order valence-electron chi connectivity index (χ4n) is 3.90. The van der Waals surface area contributed by atoms with Gasteiger partial charge in [0.2, 0.25) is 5.91 Å². The number of ether oxygens (including phenoxy) is 2. The lowest BCUT2D eigenvalue weighted by Gasteiger charge is -2.40. The first-order valence-electron chi connectivity index (χ1n) is 8.90. The quantitative estimate of drug-likeness (QED) is 0.717. The molecule has 2 aliphatic rings. The van der Waals surface area contributed by atoms with Gasteiger partial charge in [0.05, 0.1) is 25.4 Å². The number of nitrogens with two attached hydrogens (primary N) is 1. The van der Waals surface area contributed by atoms with Crippen molar-refractivity contribution in [3.05, 3.63) is 52.5 Å². The number of nitriles is 1. The molecule has 1 amide bonds. The number of benzene rings is 1. The highest BCUT2D eigenvalue weighted by atomic mass is 16.5. The zero-order chi connectivity index (χ0) is 21.3. The fraction of sp³-hybridized carbons (Fsp3) is 0.300. The highest BCUT2D eigenvalue weighted by molar-refractivity contribution is 6.19. The number of anilines is 1. The second-order valence-corrected chi connectivity index (χ2v) is 6.48. The number of amides is 1. The van der Waals surface area contributed by atoms with Crippen LogP contribution in [0, 0.1) is 11.3 Å². The number of fused-ring (bicyclic) bond motifs is 2. The van der Waals surface area contributed by atoms with Gasteiger partial charge in [-0.2, -0.15) is 5.26 Å². The lowest BCUT2D eigenvalue weighted by atomic mass is 9.67. The Morgan fingerprint density at radius 3 is 2.48 bits per heavy atom. The van der Waals surface area contributed by atoms with Gasteiger partial charge in [0.15, 0.2) is 0 Å². The molecule has 0 radical (unpaired) electrons. The first kappa shape index (κ1) is 19.9. The van der Waals surface area contributed by atoms with Crippen LogP contribution in [0.15, 0.2) is 46.9 Å². The molecule has 3 N–H and O–H groups in total. The van der Waals surface area contributed by atoms with E-state index in [-0.39, 0.29) is 29.2 Å². The number of carbonyl (C=O) groups excluding carboxylic acids is 3. The zero-order valence-corrected chi connectivity index (χ0v) is 16.2. The van der Waals surface area contributed by atoms with E-state index in [1.807, 2.05) is 13.0 Å². The molecule has 3 rings (SSSR count). The van der Waals surface area contributed by atoms with Crippen molar-refractivity contribution in [2.24, 2.45) is 5.73 Å². The number of methoxy groups -OCH3 is 2. The molecular weight excluding hydrogens is 376 g/mol. The van der Waals surface area contributed by atoms with E-state index in [1.165, 1.54) is 4.90 Å². The number of rotatable bonds is 4. The highest BCUT2D eigenvalue weighted by Crippen LogP contribution is 2.52. The summed E-state index contributed by atoms with van der Waals surface area (Å²) in [6.07, 6.45) is 0.546. The molecule has 0 fully saturated rings.